The monoisotopic (exact) mass is 229 g/mol. The molecule has 2 N–H and O–H groups in total. The van der Waals surface area contributed by atoms with Crippen LogP contribution in [0.4, 0.5) is 0 Å². The first-order valence-corrected chi connectivity index (χ1v) is 6.02. The Morgan fingerprint density at radius 1 is 1.67 bits per heavy atom. The van der Waals surface area contributed by atoms with E-state index < -0.39 is 12.0 Å². The minimum atomic E-state index is -1.01. The lowest BCUT2D eigenvalue weighted by atomic mass is 10.1. The Bertz CT molecular complexity index is 261. The summed E-state index contributed by atoms with van der Waals surface area (Å²) in [4.78, 5) is 22.4. The third-order valence-corrected chi connectivity index (χ3v) is 3.48. The summed E-state index contributed by atoms with van der Waals surface area (Å²) in [6, 6.07) is -0.833. The molecule has 0 radical (unpaired) electrons. The Labute approximate surface area is 93.1 Å². The number of carboxylic acid groups (broad SMARTS) is 1. The highest BCUT2D eigenvalue weighted by Crippen LogP contribution is 2.23. The maximum absolute atomic E-state index is 11.6. The number of nitrogens with one attached hydrogen (secondary N) is 1. The van der Waals surface area contributed by atoms with Crippen LogP contribution in [0.3, 0.4) is 0 Å². The van der Waals surface area contributed by atoms with Gasteiger partial charge < -0.3 is 10.4 Å². The Morgan fingerprint density at radius 2 is 2.40 bits per heavy atom. The molecule has 2 unspecified atom stereocenters. The van der Waals surface area contributed by atoms with E-state index in [9.17, 15) is 9.59 Å². The van der Waals surface area contributed by atoms with Crippen LogP contribution < -0.4 is 5.32 Å². The number of hydrogen-bond donors (Lipinski definition) is 2. The zero-order chi connectivity index (χ0) is 11.3. The van der Waals surface area contributed by atoms with Gasteiger partial charge in [-0.25, -0.2) is 4.79 Å². The second-order valence-electron chi connectivity index (χ2n) is 3.48. The second kappa shape index (κ2) is 5.80. The fourth-order valence-electron chi connectivity index (χ4n) is 1.42. The van der Waals surface area contributed by atoms with Crippen molar-refractivity contribution >= 4 is 23.6 Å². The number of amides is 1. The number of carbonyl (C=O) groups excluding carboxylic acids is 1. The highest BCUT2D eigenvalue weighted by atomic mass is 32.2. The van der Waals surface area contributed by atoms with Gasteiger partial charge in [-0.05, 0) is 18.6 Å². The van der Waals surface area contributed by atoms with Crippen LogP contribution >= 0.6 is 11.8 Å². The van der Waals surface area contributed by atoms with E-state index in [0.29, 0.717) is 0 Å². The molecule has 0 saturated carbocycles. The maximum atomic E-state index is 11.6. The standard InChI is InChI=1S/C10H15NO3S/c1-2-3-8(10(13)14)11-9(12)7-4-5-15-6-7/h2,7-8H,1,3-6H2,(H,11,12)(H,13,14). The molecule has 1 fully saturated rings. The number of hydrogen-bond acceptors (Lipinski definition) is 3. The van der Waals surface area contributed by atoms with Crippen molar-refractivity contribution in [2.45, 2.75) is 18.9 Å². The van der Waals surface area contributed by atoms with Crippen LogP contribution in [-0.2, 0) is 9.59 Å². The van der Waals surface area contributed by atoms with Crippen molar-refractivity contribution in [3.63, 3.8) is 0 Å². The fourth-order valence-corrected chi connectivity index (χ4v) is 2.64. The molecular weight excluding hydrogens is 214 g/mol. The van der Waals surface area contributed by atoms with Crippen LogP contribution in [0.2, 0.25) is 0 Å². The minimum Gasteiger partial charge on any atom is -0.480 e. The summed E-state index contributed by atoms with van der Waals surface area (Å²) < 4.78 is 0. The van der Waals surface area contributed by atoms with E-state index >= 15 is 0 Å². The molecule has 0 aromatic carbocycles. The molecule has 0 aliphatic carbocycles. The van der Waals surface area contributed by atoms with E-state index in [2.05, 4.69) is 11.9 Å². The quantitative estimate of drug-likeness (QED) is 0.687. The molecule has 2 atom stereocenters. The second-order valence-corrected chi connectivity index (χ2v) is 4.63. The molecule has 1 amide bonds. The lowest BCUT2D eigenvalue weighted by Crippen LogP contribution is -2.43. The van der Waals surface area contributed by atoms with Gasteiger partial charge in [0.05, 0.1) is 0 Å². The average molecular weight is 229 g/mol. The average Bonchev–Trinajstić information content (AvgIpc) is 2.69. The van der Waals surface area contributed by atoms with Crippen molar-refractivity contribution in [1.29, 1.82) is 0 Å². The zero-order valence-electron chi connectivity index (χ0n) is 8.44. The van der Waals surface area contributed by atoms with Crippen LogP contribution in [0.25, 0.3) is 0 Å². The molecule has 0 aromatic heterocycles. The first-order chi connectivity index (χ1) is 7.15. The third kappa shape index (κ3) is 3.58. The molecule has 1 aliphatic heterocycles. The van der Waals surface area contributed by atoms with Crippen LogP contribution in [0.1, 0.15) is 12.8 Å². The van der Waals surface area contributed by atoms with Gasteiger partial charge >= 0.3 is 5.97 Å². The molecule has 84 valence electrons. The van der Waals surface area contributed by atoms with Gasteiger partial charge in [-0.15, -0.1) is 6.58 Å². The summed E-state index contributed by atoms with van der Waals surface area (Å²) in [5.41, 5.74) is 0. The van der Waals surface area contributed by atoms with E-state index in [1.54, 1.807) is 11.8 Å². The van der Waals surface area contributed by atoms with Gasteiger partial charge in [0.25, 0.3) is 0 Å². The number of thioether (sulfide) groups is 1. The molecule has 0 bridgehead atoms. The van der Waals surface area contributed by atoms with Gasteiger partial charge in [0.15, 0.2) is 0 Å². The first-order valence-electron chi connectivity index (χ1n) is 4.87. The van der Waals surface area contributed by atoms with Crippen LogP contribution in [0.5, 0.6) is 0 Å². The molecule has 1 heterocycles. The van der Waals surface area contributed by atoms with Crippen molar-refractivity contribution < 1.29 is 14.7 Å². The van der Waals surface area contributed by atoms with Gasteiger partial charge in [-0.3, -0.25) is 4.79 Å². The van der Waals surface area contributed by atoms with Crippen LogP contribution in [0.15, 0.2) is 12.7 Å². The molecule has 0 spiro atoms. The minimum absolute atomic E-state index is 0.0262. The van der Waals surface area contributed by atoms with E-state index in [-0.39, 0.29) is 18.2 Å². The highest BCUT2D eigenvalue weighted by Gasteiger charge is 2.26. The molecule has 5 heteroatoms. The van der Waals surface area contributed by atoms with E-state index in [0.717, 1.165) is 17.9 Å². The summed E-state index contributed by atoms with van der Waals surface area (Å²) in [7, 11) is 0. The molecular formula is C10H15NO3S. The molecule has 4 nitrogen and oxygen atoms in total. The SMILES string of the molecule is C=CCC(NC(=O)C1CCSC1)C(=O)O. The predicted octanol–water partition coefficient (Wildman–Crippen LogP) is 0.885. The summed E-state index contributed by atoms with van der Waals surface area (Å²) in [6.45, 7) is 3.47. The van der Waals surface area contributed by atoms with Crippen LogP contribution in [0, 0.1) is 5.92 Å². The topological polar surface area (TPSA) is 66.4 Å². The van der Waals surface area contributed by atoms with Crippen molar-refractivity contribution in [3.8, 4) is 0 Å². The lowest BCUT2D eigenvalue weighted by molar-refractivity contribution is -0.142. The van der Waals surface area contributed by atoms with Gasteiger partial charge in [0, 0.05) is 11.7 Å². The highest BCUT2D eigenvalue weighted by molar-refractivity contribution is 7.99. The molecule has 1 rings (SSSR count). The van der Waals surface area contributed by atoms with Gasteiger partial charge in [0.1, 0.15) is 6.04 Å². The Kier molecular flexibility index (Phi) is 4.68. The number of rotatable bonds is 5. The summed E-state index contributed by atoms with van der Waals surface area (Å²) >= 11 is 1.73. The largest absolute Gasteiger partial charge is 0.480 e. The van der Waals surface area contributed by atoms with Gasteiger partial charge in [0.2, 0.25) is 5.91 Å². The summed E-state index contributed by atoms with van der Waals surface area (Å²) in [5, 5.41) is 11.4. The van der Waals surface area contributed by atoms with Gasteiger partial charge in [-0.2, -0.15) is 11.8 Å². The Hall–Kier alpha value is -0.970. The predicted molar refractivity (Wildman–Crippen MR) is 59.8 cm³/mol. The Balaban J connectivity index is 2.45. The third-order valence-electron chi connectivity index (χ3n) is 2.32. The zero-order valence-corrected chi connectivity index (χ0v) is 9.26. The normalized spacial score (nSPS) is 22.0. The summed E-state index contributed by atoms with van der Waals surface area (Å²) in [6.07, 6.45) is 2.61. The van der Waals surface area contributed by atoms with Gasteiger partial charge in [-0.1, -0.05) is 6.08 Å². The van der Waals surface area contributed by atoms with Crippen molar-refractivity contribution in [2.24, 2.45) is 5.92 Å². The molecule has 15 heavy (non-hydrogen) atoms. The number of carboxylic acids is 1. The van der Waals surface area contributed by atoms with Crippen molar-refractivity contribution in [3.05, 3.63) is 12.7 Å². The first kappa shape index (κ1) is 12.1. The molecule has 0 aromatic rings. The fraction of sp³-hybridized carbons (Fsp3) is 0.600. The smallest absolute Gasteiger partial charge is 0.326 e. The van der Waals surface area contributed by atoms with E-state index in [4.69, 9.17) is 5.11 Å². The van der Waals surface area contributed by atoms with Crippen LogP contribution in [-0.4, -0.2) is 34.5 Å². The summed E-state index contributed by atoms with van der Waals surface area (Å²) in [5.74, 6) is 0.605. The van der Waals surface area contributed by atoms with E-state index in [1.165, 1.54) is 6.08 Å². The molecule has 1 saturated heterocycles. The maximum Gasteiger partial charge on any atom is 0.326 e. The number of aliphatic carboxylic acids is 1. The Morgan fingerprint density at radius 3 is 2.87 bits per heavy atom. The van der Waals surface area contributed by atoms with Crippen molar-refractivity contribution in [1.82, 2.24) is 5.32 Å². The lowest BCUT2D eigenvalue weighted by Gasteiger charge is -2.15. The van der Waals surface area contributed by atoms with Crippen molar-refractivity contribution in [2.75, 3.05) is 11.5 Å². The number of carbonyl (C=O) groups is 2. The molecule has 1 aliphatic rings. The van der Waals surface area contributed by atoms with E-state index in [1.807, 2.05) is 0 Å².